The summed E-state index contributed by atoms with van der Waals surface area (Å²) in [7, 11) is 0. The molecule has 1 saturated carbocycles. The van der Waals surface area contributed by atoms with Gasteiger partial charge in [-0.15, -0.1) is 11.8 Å². The van der Waals surface area contributed by atoms with Gasteiger partial charge in [-0.05, 0) is 75.1 Å². The van der Waals surface area contributed by atoms with Crippen molar-refractivity contribution in [1.82, 2.24) is 10.3 Å². The van der Waals surface area contributed by atoms with Crippen molar-refractivity contribution in [1.29, 1.82) is 0 Å². The maximum atomic E-state index is 11.7. The number of nitrogens with one attached hydrogen (secondary N) is 1. The summed E-state index contributed by atoms with van der Waals surface area (Å²) in [5.41, 5.74) is 3.18. The zero-order chi connectivity index (χ0) is 30.3. The Labute approximate surface area is 262 Å². The van der Waals surface area contributed by atoms with E-state index in [1.54, 1.807) is 11.8 Å². The lowest BCUT2D eigenvalue weighted by atomic mass is 9.96. The Morgan fingerprint density at radius 2 is 1.93 bits per heavy atom. The second-order valence-electron chi connectivity index (χ2n) is 11.6. The molecule has 5 rings (SSSR count). The Bertz CT molecular complexity index is 1390. The summed E-state index contributed by atoms with van der Waals surface area (Å²) in [5, 5.41) is 3.37. The first-order valence-corrected chi connectivity index (χ1v) is 16.0. The standard InChI is InChI=1S/C33H39ClN2O6S/c1-32(2,3)42-31(37)36-14-15-38-16-17-43-25-8-9-29(34)23(18-25)20-40-33(11-12-33)28-19-35-13-10-26(28)27-6-4-5-7-30(27)41-24-21-39-22-24/h4-10,13,18-19,24H,11-12,14-17,20-22H2,1-3H3,(H,36,37). The fourth-order valence-corrected chi connectivity index (χ4v) is 5.68. The second kappa shape index (κ2) is 14.3. The number of para-hydroxylation sites is 1. The van der Waals surface area contributed by atoms with Crippen LogP contribution in [0.4, 0.5) is 4.79 Å². The number of ether oxygens (including phenoxy) is 5. The number of benzene rings is 2. The van der Waals surface area contributed by atoms with Crippen LogP contribution in [0.2, 0.25) is 5.02 Å². The number of aromatic nitrogens is 1. The second-order valence-corrected chi connectivity index (χ2v) is 13.2. The van der Waals surface area contributed by atoms with Gasteiger partial charge in [0.1, 0.15) is 17.5 Å². The van der Waals surface area contributed by atoms with E-state index in [1.807, 2.05) is 69.6 Å². The van der Waals surface area contributed by atoms with Gasteiger partial charge in [0, 0.05) is 45.7 Å². The zero-order valence-corrected chi connectivity index (χ0v) is 26.5. The van der Waals surface area contributed by atoms with Crippen molar-refractivity contribution in [2.45, 2.75) is 62.4 Å². The summed E-state index contributed by atoms with van der Waals surface area (Å²) in [4.78, 5) is 17.3. The van der Waals surface area contributed by atoms with Crippen LogP contribution in [0.3, 0.4) is 0 Å². The van der Waals surface area contributed by atoms with E-state index in [0.717, 1.165) is 51.5 Å². The molecule has 230 valence electrons. The Hall–Kier alpha value is -2.82. The van der Waals surface area contributed by atoms with Gasteiger partial charge in [0.25, 0.3) is 0 Å². The molecule has 8 nitrogen and oxygen atoms in total. The van der Waals surface area contributed by atoms with Crippen molar-refractivity contribution in [3.05, 3.63) is 77.1 Å². The van der Waals surface area contributed by atoms with Crippen LogP contribution in [0.15, 0.2) is 65.8 Å². The zero-order valence-electron chi connectivity index (χ0n) is 24.9. The first-order valence-electron chi connectivity index (χ1n) is 14.6. The molecule has 43 heavy (non-hydrogen) atoms. The van der Waals surface area contributed by atoms with E-state index in [9.17, 15) is 4.79 Å². The number of thioether (sulfide) groups is 1. The summed E-state index contributed by atoms with van der Waals surface area (Å²) in [6.45, 7) is 8.50. The third-order valence-corrected chi connectivity index (χ3v) is 8.35. The maximum Gasteiger partial charge on any atom is 0.407 e. The molecule has 0 unspecified atom stereocenters. The topological polar surface area (TPSA) is 88.1 Å². The summed E-state index contributed by atoms with van der Waals surface area (Å²) < 4.78 is 29.0. The molecule has 2 heterocycles. The van der Waals surface area contributed by atoms with Gasteiger partial charge in [-0.25, -0.2) is 4.79 Å². The largest absolute Gasteiger partial charge is 0.485 e. The molecule has 0 bridgehead atoms. The molecule has 1 N–H and O–H groups in total. The van der Waals surface area contributed by atoms with E-state index in [2.05, 4.69) is 22.4 Å². The normalized spacial score (nSPS) is 15.9. The average Bonchev–Trinajstić information content (AvgIpc) is 3.75. The van der Waals surface area contributed by atoms with Crippen molar-refractivity contribution in [3.63, 3.8) is 0 Å². The molecule has 1 aromatic heterocycles. The molecule has 0 spiro atoms. The van der Waals surface area contributed by atoms with E-state index in [4.69, 9.17) is 35.3 Å². The Morgan fingerprint density at radius 3 is 2.67 bits per heavy atom. The third kappa shape index (κ3) is 8.86. The van der Waals surface area contributed by atoms with Crippen LogP contribution < -0.4 is 10.1 Å². The van der Waals surface area contributed by atoms with Gasteiger partial charge >= 0.3 is 6.09 Å². The lowest BCUT2D eigenvalue weighted by Crippen LogP contribution is -2.38. The molecule has 3 aromatic rings. The summed E-state index contributed by atoms with van der Waals surface area (Å²) >= 11 is 8.28. The highest BCUT2D eigenvalue weighted by Gasteiger charge is 2.47. The van der Waals surface area contributed by atoms with Gasteiger partial charge in [-0.2, -0.15) is 0 Å². The Morgan fingerprint density at radius 1 is 1.12 bits per heavy atom. The van der Waals surface area contributed by atoms with E-state index < -0.39 is 17.3 Å². The summed E-state index contributed by atoms with van der Waals surface area (Å²) in [6.07, 6.45) is 5.21. The molecular weight excluding hydrogens is 588 g/mol. The molecule has 0 radical (unpaired) electrons. The van der Waals surface area contributed by atoms with Crippen molar-refractivity contribution >= 4 is 29.5 Å². The molecule has 2 fully saturated rings. The lowest BCUT2D eigenvalue weighted by Gasteiger charge is -2.28. The van der Waals surface area contributed by atoms with Crippen molar-refractivity contribution in [2.75, 3.05) is 38.7 Å². The highest BCUT2D eigenvalue weighted by molar-refractivity contribution is 7.99. The van der Waals surface area contributed by atoms with E-state index in [-0.39, 0.29) is 6.10 Å². The van der Waals surface area contributed by atoms with Gasteiger partial charge < -0.3 is 29.0 Å². The number of hydrogen-bond donors (Lipinski definition) is 1. The maximum absolute atomic E-state index is 11.7. The summed E-state index contributed by atoms with van der Waals surface area (Å²) in [6, 6.07) is 16.2. The Balaban J connectivity index is 1.14. The van der Waals surface area contributed by atoms with Gasteiger partial charge in [0.15, 0.2) is 0 Å². The molecule has 2 aliphatic rings. The number of alkyl carbamates (subject to hydrolysis) is 1. The van der Waals surface area contributed by atoms with Crippen LogP contribution in [0.1, 0.15) is 44.7 Å². The fourth-order valence-electron chi connectivity index (χ4n) is 4.68. The highest BCUT2D eigenvalue weighted by atomic mass is 35.5. The first kappa shape index (κ1) is 31.6. The number of amides is 1. The average molecular weight is 627 g/mol. The van der Waals surface area contributed by atoms with Gasteiger partial charge in [-0.3, -0.25) is 4.98 Å². The minimum Gasteiger partial charge on any atom is -0.485 e. The van der Waals surface area contributed by atoms with Crippen LogP contribution in [-0.2, 0) is 31.2 Å². The van der Waals surface area contributed by atoms with Crippen LogP contribution >= 0.6 is 23.4 Å². The van der Waals surface area contributed by atoms with Crippen LogP contribution in [0.5, 0.6) is 5.75 Å². The monoisotopic (exact) mass is 626 g/mol. The number of hydrogen-bond acceptors (Lipinski definition) is 8. The van der Waals surface area contributed by atoms with Crippen molar-refractivity contribution < 1.29 is 28.5 Å². The molecule has 1 amide bonds. The molecule has 0 atom stereocenters. The van der Waals surface area contributed by atoms with Crippen molar-refractivity contribution in [2.24, 2.45) is 0 Å². The SMILES string of the molecule is CC(C)(C)OC(=O)NCCOCCSc1ccc(Cl)c(COC2(c3cnccc3-c3ccccc3OC3COC3)CC2)c1. The highest BCUT2D eigenvalue weighted by Crippen LogP contribution is 2.53. The predicted octanol–water partition coefficient (Wildman–Crippen LogP) is 7.02. The minimum atomic E-state index is -0.516. The fraction of sp³-hybridized carbons (Fsp3) is 0.455. The molecule has 1 saturated heterocycles. The summed E-state index contributed by atoms with van der Waals surface area (Å²) in [5.74, 6) is 1.61. The smallest absolute Gasteiger partial charge is 0.407 e. The van der Waals surface area contributed by atoms with Gasteiger partial charge in [0.2, 0.25) is 0 Å². The third-order valence-electron chi connectivity index (χ3n) is 7.03. The Kier molecular flexibility index (Phi) is 10.5. The van der Waals surface area contributed by atoms with Crippen molar-refractivity contribution in [3.8, 4) is 16.9 Å². The number of halogens is 1. The molecule has 1 aliphatic heterocycles. The predicted molar refractivity (Wildman–Crippen MR) is 168 cm³/mol. The van der Waals surface area contributed by atoms with E-state index in [0.29, 0.717) is 44.6 Å². The van der Waals surface area contributed by atoms with Crippen LogP contribution in [-0.4, -0.2) is 61.5 Å². The van der Waals surface area contributed by atoms with Crippen LogP contribution in [0, 0.1) is 0 Å². The number of nitrogens with zero attached hydrogens (tertiary/aromatic N) is 1. The number of pyridine rings is 1. The minimum absolute atomic E-state index is 0.0811. The molecule has 1 aliphatic carbocycles. The van der Waals surface area contributed by atoms with Gasteiger partial charge in [0.05, 0.1) is 38.6 Å². The quantitative estimate of drug-likeness (QED) is 0.151. The first-order chi connectivity index (χ1) is 20.7. The number of carbonyl (C=O) groups excluding carboxylic acids is 1. The lowest BCUT2D eigenvalue weighted by molar-refractivity contribution is -0.0794. The molecular formula is C33H39ClN2O6S. The van der Waals surface area contributed by atoms with E-state index >= 15 is 0 Å². The molecule has 10 heteroatoms. The molecule has 2 aromatic carbocycles. The van der Waals surface area contributed by atoms with Crippen LogP contribution in [0.25, 0.3) is 11.1 Å². The van der Waals surface area contributed by atoms with E-state index in [1.165, 1.54) is 0 Å². The number of rotatable bonds is 14. The van der Waals surface area contributed by atoms with Gasteiger partial charge in [-0.1, -0.05) is 29.8 Å². The number of carbonyl (C=O) groups is 1.